The third-order valence-electron chi connectivity index (χ3n) is 1.55. The van der Waals surface area contributed by atoms with Crippen LogP contribution in [0, 0.1) is 0 Å². The number of carbonyl (C=O) groups excluding carboxylic acids is 1. The Kier molecular flexibility index (Phi) is 4.11. The molecule has 1 heterocycles. The van der Waals surface area contributed by atoms with Gasteiger partial charge in [-0.1, -0.05) is 0 Å². The van der Waals surface area contributed by atoms with Gasteiger partial charge in [-0.3, -0.25) is 4.79 Å². The Morgan fingerprint density at radius 1 is 1.60 bits per heavy atom. The molecule has 2 N–H and O–H groups in total. The molecule has 0 spiro atoms. The molecule has 0 fully saturated rings. The number of rotatable bonds is 4. The lowest BCUT2D eigenvalue weighted by molar-refractivity contribution is -0.113. The third kappa shape index (κ3) is 3.59. The van der Waals surface area contributed by atoms with Crippen LogP contribution >= 0.6 is 11.8 Å². The molecule has 15 heavy (non-hydrogen) atoms. The fourth-order valence-corrected chi connectivity index (χ4v) is 1.28. The lowest BCUT2D eigenvalue weighted by Crippen LogP contribution is -2.15. The summed E-state index contributed by atoms with van der Waals surface area (Å²) in [6.07, 6.45) is 3.15. The Hall–Kier alpha value is -1.56. The molecule has 0 unspecified atom stereocenters. The predicted molar refractivity (Wildman–Crippen MR) is 58.2 cm³/mol. The zero-order valence-electron chi connectivity index (χ0n) is 8.06. The normalized spacial score (nSPS) is 9.67. The number of carboxylic acid groups (broad SMARTS) is 1. The van der Waals surface area contributed by atoms with Crippen LogP contribution in [-0.4, -0.2) is 34.0 Å². The summed E-state index contributed by atoms with van der Waals surface area (Å²) in [5.41, 5.74) is 0.101. The second-order valence-corrected chi connectivity index (χ2v) is 3.58. The fraction of sp³-hybridized carbons (Fsp3) is 0.222. The van der Waals surface area contributed by atoms with Crippen LogP contribution in [0.4, 0.5) is 5.82 Å². The second-order valence-electron chi connectivity index (χ2n) is 2.72. The van der Waals surface area contributed by atoms with E-state index in [9.17, 15) is 9.59 Å². The van der Waals surface area contributed by atoms with Gasteiger partial charge in [-0.25, -0.2) is 9.78 Å². The van der Waals surface area contributed by atoms with Gasteiger partial charge in [0.15, 0.2) is 0 Å². The first-order valence-electron chi connectivity index (χ1n) is 4.11. The average molecular weight is 226 g/mol. The zero-order valence-corrected chi connectivity index (χ0v) is 8.87. The van der Waals surface area contributed by atoms with Gasteiger partial charge in [-0.2, -0.15) is 11.8 Å². The standard InChI is InChI=1S/C9H10N2O3S/c1-15-5-8(12)11-7-4-6(9(13)14)2-3-10-7/h2-4H,5H2,1H3,(H,13,14)(H,10,11,12). The Bertz CT molecular complexity index is 381. The Morgan fingerprint density at radius 2 is 2.33 bits per heavy atom. The van der Waals surface area contributed by atoms with E-state index in [1.807, 2.05) is 0 Å². The Balaban J connectivity index is 2.73. The van der Waals surface area contributed by atoms with E-state index in [4.69, 9.17) is 5.11 Å². The first-order chi connectivity index (χ1) is 7.13. The summed E-state index contributed by atoms with van der Waals surface area (Å²) in [6.45, 7) is 0. The van der Waals surface area contributed by atoms with Crippen molar-refractivity contribution in [3.8, 4) is 0 Å². The van der Waals surface area contributed by atoms with E-state index in [1.165, 1.54) is 30.1 Å². The molecule has 0 radical (unpaired) electrons. The monoisotopic (exact) mass is 226 g/mol. The molecule has 0 aliphatic carbocycles. The van der Waals surface area contributed by atoms with Gasteiger partial charge in [-0.05, 0) is 18.4 Å². The number of anilines is 1. The lowest BCUT2D eigenvalue weighted by atomic mass is 10.2. The molecule has 1 aromatic heterocycles. The summed E-state index contributed by atoms with van der Waals surface area (Å²) in [4.78, 5) is 25.6. The topological polar surface area (TPSA) is 79.3 Å². The molecule has 6 heteroatoms. The van der Waals surface area contributed by atoms with Crippen LogP contribution in [0.15, 0.2) is 18.3 Å². The average Bonchev–Trinajstić information content (AvgIpc) is 2.18. The molecule has 1 rings (SSSR count). The van der Waals surface area contributed by atoms with Gasteiger partial charge in [0.25, 0.3) is 0 Å². The minimum atomic E-state index is -1.04. The first kappa shape index (κ1) is 11.5. The molecule has 0 bridgehead atoms. The number of hydrogen-bond acceptors (Lipinski definition) is 4. The van der Waals surface area contributed by atoms with Gasteiger partial charge < -0.3 is 10.4 Å². The lowest BCUT2D eigenvalue weighted by Gasteiger charge is -2.03. The highest BCUT2D eigenvalue weighted by atomic mass is 32.2. The SMILES string of the molecule is CSCC(=O)Nc1cc(C(=O)O)ccn1. The maximum Gasteiger partial charge on any atom is 0.335 e. The van der Waals surface area contributed by atoms with E-state index in [-0.39, 0.29) is 17.3 Å². The van der Waals surface area contributed by atoms with Gasteiger partial charge in [0.1, 0.15) is 5.82 Å². The van der Waals surface area contributed by atoms with E-state index in [1.54, 1.807) is 6.26 Å². The molecular formula is C9H10N2O3S. The molecule has 0 saturated carbocycles. The van der Waals surface area contributed by atoms with Gasteiger partial charge in [0, 0.05) is 6.20 Å². The molecule has 0 saturated heterocycles. The number of carboxylic acids is 1. The molecule has 5 nitrogen and oxygen atoms in total. The minimum Gasteiger partial charge on any atom is -0.478 e. The first-order valence-corrected chi connectivity index (χ1v) is 5.51. The number of hydrogen-bond donors (Lipinski definition) is 2. The van der Waals surface area contributed by atoms with Crippen molar-refractivity contribution >= 4 is 29.5 Å². The summed E-state index contributed by atoms with van der Waals surface area (Å²) in [5, 5.41) is 11.2. The Labute approximate surface area is 90.9 Å². The number of aromatic nitrogens is 1. The number of pyridine rings is 1. The molecular weight excluding hydrogens is 216 g/mol. The Morgan fingerprint density at radius 3 is 2.93 bits per heavy atom. The maximum atomic E-state index is 11.2. The number of carbonyl (C=O) groups is 2. The summed E-state index contributed by atoms with van der Waals surface area (Å²) in [5.74, 6) is -0.664. The van der Waals surface area contributed by atoms with Crippen LogP contribution in [0.3, 0.4) is 0 Å². The van der Waals surface area contributed by atoms with Crippen LogP contribution < -0.4 is 5.32 Å². The predicted octanol–water partition coefficient (Wildman–Crippen LogP) is 1.08. The highest BCUT2D eigenvalue weighted by molar-refractivity contribution is 7.99. The quantitative estimate of drug-likeness (QED) is 0.803. The van der Waals surface area contributed by atoms with E-state index >= 15 is 0 Å². The summed E-state index contributed by atoms with van der Waals surface area (Å²) in [6, 6.07) is 2.69. The van der Waals surface area contributed by atoms with Crippen LogP contribution in [0.2, 0.25) is 0 Å². The molecule has 0 aliphatic heterocycles. The van der Waals surface area contributed by atoms with Crippen molar-refractivity contribution in [3.05, 3.63) is 23.9 Å². The van der Waals surface area contributed by atoms with Crippen molar-refractivity contribution in [2.75, 3.05) is 17.3 Å². The summed E-state index contributed by atoms with van der Waals surface area (Å²) < 4.78 is 0. The van der Waals surface area contributed by atoms with E-state index in [0.717, 1.165) is 0 Å². The molecule has 80 valence electrons. The van der Waals surface area contributed by atoms with Crippen molar-refractivity contribution in [1.82, 2.24) is 4.98 Å². The van der Waals surface area contributed by atoms with Crippen molar-refractivity contribution in [2.24, 2.45) is 0 Å². The van der Waals surface area contributed by atoms with Gasteiger partial charge >= 0.3 is 5.97 Å². The van der Waals surface area contributed by atoms with Crippen molar-refractivity contribution in [1.29, 1.82) is 0 Å². The molecule has 1 amide bonds. The summed E-state index contributed by atoms with van der Waals surface area (Å²) >= 11 is 1.38. The number of nitrogens with zero attached hydrogens (tertiary/aromatic N) is 1. The van der Waals surface area contributed by atoms with Crippen molar-refractivity contribution in [3.63, 3.8) is 0 Å². The zero-order chi connectivity index (χ0) is 11.3. The van der Waals surface area contributed by atoms with E-state index in [2.05, 4.69) is 10.3 Å². The second kappa shape index (κ2) is 5.35. The van der Waals surface area contributed by atoms with Crippen LogP contribution in [-0.2, 0) is 4.79 Å². The highest BCUT2D eigenvalue weighted by Crippen LogP contribution is 2.07. The van der Waals surface area contributed by atoms with Crippen molar-refractivity contribution in [2.45, 2.75) is 0 Å². The van der Waals surface area contributed by atoms with Gasteiger partial charge in [0.05, 0.1) is 11.3 Å². The van der Waals surface area contributed by atoms with E-state index < -0.39 is 5.97 Å². The maximum absolute atomic E-state index is 11.2. The van der Waals surface area contributed by atoms with Crippen LogP contribution in [0.25, 0.3) is 0 Å². The molecule has 0 atom stereocenters. The number of thioether (sulfide) groups is 1. The molecule has 0 aromatic carbocycles. The van der Waals surface area contributed by atoms with E-state index in [0.29, 0.717) is 5.75 Å². The smallest absolute Gasteiger partial charge is 0.335 e. The van der Waals surface area contributed by atoms with Crippen LogP contribution in [0.5, 0.6) is 0 Å². The molecule has 0 aliphatic rings. The highest BCUT2D eigenvalue weighted by Gasteiger charge is 2.06. The largest absolute Gasteiger partial charge is 0.478 e. The van der Waals surface area contributed by atoms with Gasteiger partial charge in [0.2, 0.25) is 5.91 Å². The third-order valence-corrected chi connectivity index (χ3v) is 2.10. The number of aromatic carboxylic acids is 1. The van der Waals surface area contributed by atoms with Crippen LogP contribution in [0.1, 0.15) is 10.4 Å². The summed E-state index contributed by atoms with van der Waals surface area (Å²) in [7, 11) is 0. The number of nitrogens with one attached hydrogen (secondary N) is 1. The minimum absolute atomic E-state index is 0.101. The fourth-order valence-electron chi connectivity index (χ4n) is 0.942. The van der Waals surface area contributed by atoms with Gasteiger partial charge in [-0.15, -0.1) is 0 Å². The number of amides is 1. The molecule has 1 aromatic rings. The van der Waals surface area contributed by atoms with Crippen molar-refractivity contribution < 1.29 is 14.7 Å².